The maximum absolute atomic E-state index is 12.4. The van der Waals surface area contributed by atoms with Gasteiger partial charge in [0.2, 0.25) is 10.0 Å². The van der Waals surface area contributed by atoms with Crippen molar-refractivity contribution in [1.82, 2.24) is 9.29 Å². The van der Waals surface area contributed by atoms with E-state index in [-0.39, 0.29) is 21.8 Å². The highest BCUT2D eigenvalue weighted by Gasteiger charge is 2.30. The molecule has 112 valence electrons. The highest BCUT2D eigenvalue weighted by molar-refractivity contribution is 7.89. The van der Waals surface area contributed by atoms with Gasteiger partial charge in [-0.1, -0.05) is 0 Å². The summed E-state index contributed by atoms with van der Waals surface area (Å²) in [5, 5.41) is 8.98. The number of carboxylic acids is 1. The lowest BCUT2D eigenvalue weighted by Crippen LogP contribution is -2.33. The summed E-state index contributed by atoms with van der Waals surface area (Å²) in [5.74, 6) is -1.96. The molecule has 0 fully saturated rings. The third kappa shape index (κ3) is 2.83. The van der Waals surface area contributed by atoms with Crippen molar-refractivity contribution in [3.63, 3.8) is 0 Å². The maximum Gasteiger partial charge on any atom is 0.352 e. The van der Waals surface area contributed by atoms with Crippen molar-refractivity contribution >= 4 is 22.0 Å². The Morgan fingerprint density at radius 3 is 2.30 bits per heavy atom. The molecule has 0 spiro atoms. The summed E-state index contributed by atoms with van der Waals surface area (Å²) < 4.78 is 30.0. The molecule has 1 aromatic rings. The molecule has 0 bridgehead atoms. The molecule has 0 unspecified atom stereocenters. The molecule has 20 heavy (non-hydrogen) atoms. The number of rotatable bonds is 5. The largest absolute Gasteiger partial charge is 0.477 e. The topological polar surface area (TPSA) is 117 Å². The number of aromatic carboxylic acids is 1. The van der Waals surface area contributed by atoms with E-state index in [1.807, 2.05) is 0 Å². The first kappa shape index (κ1) is 16.2. The number of hydrogen-bond donors (Lipinski definition) is 2. The highest BCUT2D eigenvalue weighted by Crippen LogP contribution is 2.25. The van der Waals surface area contributed by atoms with Crippen molar-refractivity contribution < 1.29 is 27.9 Å². The van der Waals surface area contributed by atoms with Gasteiger partial charge in [-0.25, -0.2) is 13.2 Å². The molecule has 0 aliphatic heterocycles. The number of nitrogens with zero attached hydrogens (tertiary/aromatic N) is 1. The summed E-state index contributed by atoms with van der Waals surface area (Å²) in [6.45, 7) is 2.40. The molecule has 0 atom stereocenters. The van der Waals surface area contributed by atoms with Gasteiger partial charge in [-0.3, -0.25) is 4.79 Å². The van der Waals surface area contributed by atoms with Crippen LogP contribution in [0.25, 0.3) is 0 Å². The number of esters is 1. The number of nitrogens with one attached hydrogen (secondary N) is 1. The minimum absolute atomic E-state index is 0.103. The SMILES string of the molecule is COC(=O)CN(C)S(=O)(=O)c1c(C)[nH]c(C(=O)O)c1C. The maximum atomic E-state index is 12.4. The van der Waals surface area contributed by atoms with Crippen molar-refractivity contribution in [2.45, 2.75) is 18.7 Å². The van der Waals surface area contributed by atoms with Crippen LogP contribution in [0.3, 0.4) is 0 Å². The van der Waals surface area contributed by atoms with Crippen LogP contribution in [-0.2, 0) is 19.6 Å². The van der Waals surface area contributed by atoms with Crippen LogP contribution in [0.2, 0.25) is 0 Å². The number of carbonyl (C=O) groups excluding carboxylic acids is 1. The highest BCUT2D eigenvalue weighted by atomic mass is 32.2. The van der Waals surface area contributed by atoms with Gasteiger partial charge in [0.15, 0.2) is 0 Å². The lowest BCUT2D eigenvalue weighted by atomic mass is 10.2. The lowest BCUT2D eigenvalue weighted by molar-refractivity contribution is -0.140. The van der Waals surface area contributed by atoms with Crippen LogP contribution in [0, 0.1) is 13.8 Å². The molecule has 8 nitrogen and oxygen atoms in total. The lowest BCUT2D eigenvalue weighted by Gasteiger charge is -2.16. The third-order valence-electron chi connectivity index (χ3n) is 2.83. The Balaban J connectivity index is 3.29. The Labute approximate surface area is 116 Å². The first-order valence-electron chi connectivity index (χ1n) is 5.58. The Hall–Kier alpha value is -1.87. The van der Waals surface area contributed by atoms with Crippen LogP contribution in [-0.4, -0.2) is 55.5 Å². The van der Waals surface area contributed by atoms with Crippen molar-refractivity contribution in [2.75, 3.05) is 20.7 Å². The molecule has 0 amide bonds. The van der Waals surface area contributed by atoms with Crippen molar-refractivity contribution in [3.8, 4) is 0 Å². The Kier molecular flexibility index (Phi) is 4.56. The van der Waals surface area contributed by atoms with Crippen LogP contribution in [0.15, 0.2) is 4.90 Å². The van der Waals surface area contributed by atoms with Gasteiger partial charge in [0.1, 0.15) is 17.1 Å². The number of hydrogen-bond acceptors (Lipinski definition) is 5. The van der Waals surface area contributed by atoms with Crippen LogP contribution in [0.4, 0.5) is 0 Å². The van der Waals surface area contributed by atoms with Crippen molar-refractivity contribution in [2.24, 2.45) is 0 Å². The summed E-state index contributed by atoms with van der Waals surface area (Å²) >= 11 is 0. The second kappa shape index (κ2) is 5.63. The Bertz CT molecular complexity index is 646. The molecule has 1 aromatic heterocycles. The molecule has 1 rings (SSSR count). The van der Waals surface area contributed by atoms with Crippen molar-refractivity contribution in [1.29, 1.82) is 0 Å². The van der Waals surface area contributed by atoms with E-state index < -0.39 is 28.5 Å². The predicted octanol–water partition coefficient (Wildman–Crippen LogP) is 0.123. The summed E-state index contributed by atoms with van der Waals surface area (Å²) in [6.07, 6.45) is 0. The zero-order chi connectivity index (χ0) is 15.7. The Morgan fingerprint density at radius 1 is 1.35 bits per heavy atom. The van der Waals surface area contributed by atoms with Crippen LogP contribution in [0.1, 0.15) is 21.7 Å². The normalized spacial score (nSPS) is 11.7. The van der Waals surface area contributed by atoms with Crippen LogP contribution < -0.4 is 0 Å². The predicted molar refractivity (Wildman–Crippen MR) is 69.1 cm³/mol. The number of methoxy groups -OCH3 is 1. The van der Waals surface area contributed by atoms with Crippen molar-refractivity contribution in [3.05, 3.63) is 17.0 Å². The Morgan fingerprint density at radius 2 is 1.90 bits per heavy atom. The molecule has 0 saturated heterocycles. The summed E-state index contributed by atoms with van der Waals surface area (Å²) in [4.78, 5) is 24.5. The number of H-pyrrole nitrogens is 1. The number of carbonyl (C=O) groups is 2. The number of likely N-dealkylation sites (N-methyl/N-ethyl adjacent to an activating group) is 1. The smallest absolute Gasteiger partial charge is 0.352 e. The first-order chi connectivity index (χ1) is 9.12. The van der Waals surface area contributed by atoms with Gasteiger partial charge in [-0.2, -0.15) is 4.31 Å². The zero-order valence-corrected chi connectivity index (χ0v) is 12.4. The second-order valence-corrected chi connectivity index (χ2v) is 6.20. The number of aromatic amines is 1. The zero-order valence-electron chi connectivity index (χ0n) is 11.6. The second-order valence-electron chi connectivity index (χ2n) is 4.22. The number of aromatic nitrogens is 1. The quantitative estimate of drug-likeness (QED) is 0.746. The van der Waals surface area contributed by atoms with Crippen LogP contribution in [0.5, 0.6) is 0 Å². The van der Waals surface area contributed by atoms with Crippen LogP contribution >= 0.6 is 0 Å². The molecule has 9 heteroatoms. The van der Waals surface area contributed by atoms with Gasteiger partial charge in [0.05, 0.1) is 7.11 Å². The standard InChI is InChI=1S/C11H16N2O6S/c1-6-9(11(15)16)12-7(2)10(6)20(17,18)13(3)5-8(14)19-4/h12H,5H2,1-4H3,(H,15,16). The molecule has 0 aromatic carbocycles. The average molecular weight is 304 g/mol. The van der Waals surface area contributed by atoms with Gasteiger partial charge in [-0.05, 0) is 13.8 Å². The fraction of sp³-hybridized carbons (Fsp3) is 0.455. The summed E-state index contributed by atoms with van der Waals surface area (Å²) in [7, 11) is -1.61. The summed E-state index contributed by atoms with van der Waals surface area (Å²) in [5.41, 5.74) is 0.121. The van der Waals surface area contributed by atoms with Gasteiger partial charge >= 0.3 is 11.9 Å². The molecule has 1 heterocycles. The fourth-order valence-electron chi connectivity index (χ4n) is 1.82. The van der Waals surface area contributed by atoms with E-state index in [0.29, 0.717) is 0 Å². The molecule has 2 N–H and O–H groups in total. The van der Waals surface area contributed by atoms with E-state index in [2.05, 4.69) is 9.72 Å². The minimum atomic E-state index is -3.98. The fourth-order valence-corrected chi connectivity index (χ4v) is 3.33. The van der Waals surface area contributed by atoms with Gasteiger partial charge in [0.25, 0.3) is 0 Å². The van der Waals surface area contributed by atoms with E-state index in [1.54, 1.807) is 0 Å². The first-order valence-corrected chi connectivity index (χ1v) is 7.02. The number of aryl methyl sites for hydroxylation is 1. The molecular formula is C11H16N2O6S. The number of sulfonamides is 1. The van der Waals surface area contributed by atoms with E-state index in [4.69, 9.17) is 5.11 Å². The number of carboxylic acid groups (broad SMARTS) is 1. The molecule has 0 radical (unpaired) electrons. The van der Waals surface area contributed by atoms with E-state index in [9.17, 15) is 18.0 Å². The van der Waals surface area contributed by atoms with E-state index in [1.165, 1.54) is 20.9 Å². The van der Waals surface area contributed by atoms with Gasteiger partial charge in [0, 0.05) is 18.3 Å². The monoisotopic (exact) mass is 304 g/mol. The number of ether oxygens (including phenoxy) is 1. The average Bonchev–Trinajstić information content (AvgIpc) is 2.64. The summed E-state index contributed by atoms with van der Waals surface area (Å²) in [6, 6.07) is 0. The van der Waals surface area contributed by atoms with Gasteiger partial charge in [-0.15, -0.1) is 0 Å². The molecular weight excluding hydrogens is 288 g/mol. The molecule has 0 aliphatic rings. The van der Waals surface area contributed by atoms with E-state index >= 15 is 0 Å². The third-order valence-corrected chi connectivity index (χ3v) is 4.91. The molecule has 0 aliphatic carbocycles. The van der Waals surface area contributed by atoms with E-state index in [0.717, 1.165) is 11.4 Å². The minimum Gasteiger partial charge on any atom is -0.477 e. The molecule has 0 saturated carbocycles. The van der Waals surface area contributed by atoms with Gasteiger partial charge < -0.3 is 14.8 Å².